The van der Waals surface area contributed by atoms with Crippen LogP contribution in [-0.2, 0) is 15.0 Å². The van der Waals surface area contributed by atoms with Gasteiger partial charge >= 0.3 is 5.97 Å². The third kappa shape index (κ3) is 2.77. The Morgan fingerprint density at radius 2 is 1.95 bits per heavy atom. The average Bonchev–Trinajstić information content (AvgIpc) is 2.89. The summed E-state index contributed by atoms with van der Waals surface area (Å²) in [5, 5.41) is 12.5. The Labute approximate surface area is 131 Å². The second-order valence-corrected chi connectivity index (χ2v) is 6.13. The van der Waals surface area contributed by atoms with Gasteiger partial charge in [-0.1, -0.05) is 28.8 Å². The van der Waals surface area contributed by atoms with Crippen molar-refractivity contribution in [1.82, 2.24) is 0 Å². The van der Waals surface area contributed by atoms with Crippen molar-refractivity contribution in [3.63, 3.8) is 0 Å². The molecule has 0 aromatic heterocycles. The first-order valence-electron chi connectivity index (χ1n) is 6.80. The SMILES string of the molecule is COc1ccc(Br)c(C2(C(=O)O)CCCC2)c1NC(C)=O. The minimum atomic E-state index is -0.981. The van der Waals surface area contributed by atoms with Crippen molar-refractivity contribution < 1.29 is 19.4 Å². The number of carboxylic acids is 1. The Morgan fingerprint density at radius 1 is 1.33 bits per heavy atom. The number of hydrogen-bond donors (Lipinski definition) is 2. The first-order valence-corrected chi connectivity index (χ1v) is 7.59. The number of nitrogens with one attached hydrogen (secondary N) is 1. The molecular formula is C15H18BrNO4. The van der Waals surface area contributed by atoms with Gasteiger partial charge in [-0.25, -0.2) is 0 Å². The summed E-state index contributed by atoms with van der Waals surface area (Å²) in [5.41, 5.74) is 0.0660. The molecule has 0 saturated heterocycles. The maximum Gasteiger partial charge on any atom is 0.314 e. The lowest BCUT2D eigenvalue weighted by Crippen LogP contribution is -2.34. The fourth-order valence-electron chi connectivity index (χ4n) is 3.05. The van der Waals surface area contributed by atoms with Crippen molar-refractivity contribution in [2.24, 2.45) is 0 Å². The Hall–Kier alpha value is -1.56. The molecule has 1 saturated carbocycles. The number of anilines is 1. The fraction of sp³-hybridized carbons (Fsp3) is 0.467. The van der Waals surface area contributed by atoms with Crippen LogP contribution >= 0.6 is 15.9 Å². The van der Waals surface area contributed by atoms with Gasteiger partial charge in [0, 0.05) is 17.0 Å². The van der Waals surface area contributed by atoms with E-state index in [1.165, 1.54) is 14.0 Å². The summed E-state index contributed by atoms with van der Waals surface area (Å²) in [7, 11) is 1.50. The van der Waals surface area contributed by atoms with E-state index in [2.05, 4.69) is 21.2 Å². The molecular weight excluding hydrogens is 338 g/mol. The average molecular weight is 356 g/mol. The molecule has 1 aliphatic carbocycles. The molecule has 0 spiro atoms. The third-order valence-corrected chi connectivity index (χ3v) is 4.64. The number of amides is 1. The number of hydrogen-bond acceptors (Lipinski definition) is 3. The second kappa shape index (κ2) is 6.05. The normalized spacial score (nSPS) is 16.5. The van der Waals surface area contributed by atoms with Crippen LogP contribution in [0.1, 0.15) is 38.2 Å². The number of methoxy groups -OCH3 is 1. The van der Waals surface area contributed by atoms with E-state index in [0.717, 1.165) is 12.8 Å². The van der Waals surface area contributed by atoms with Crippen LogP contribution in [0.15, 0.2) is 16.6 Å². The van der Waals surface area contributed by atoms with E-state index >= 15 is 0 Å². The molecule has 6 heteroatoms. The van der Waals surface area contributed by atoms with Crippen molar-refractivity contribution in [2.75, 3.05) is 12.4 Å². The van der Waals surface area contributed by atoms with Crippen LogP contribution in [0.4, 0.5) is 5.69 Å². The molecule has 2 rings (SSSR count). The van der Waals surface area contributed by atoms with E-state index in [0.29, 0.717) is 34.3 Å². The number of ether oxygens (including phenoxy) is 1. The van der Waals surface area contributed by atoms with Crippen LogP contribution in [-0.4, -0.2) is 24.1 Å². The second-order valence-electron chi connectivity index (χ2n) is 5.28. The lowest BCUT2D eigenvalue weighted by atomic mass is 9.78. The molecule has 0 bridgehead atoms. The van der Waals surface area contributed by atoms with Gasteiger partial charge in [0.05, 0.1) is 18.2 Å². The molecule has 0 atom stereocenters. The van der Waals surface area contributed by atoms with Crippen molar-refractivity contribution in [3.8, 4) is 5.75 Å². The Kier molecular flexibility index (Phi) is 4.56. The number of carbonyl (C=O) groups is 2. The van der Waals surface area contributed by atoms with Gasteiger partial charge in [0.15, 0.2) is 0 Å². The quantitative estimate of drug-likeness (QED) is 0.868. The molecule has 1 amide bonds. The number of aliphatic carboxylic acids is 1. The third-order valence-electron chi connectivity index (χ3n) is 3.98. The first-order chi connectivity index (χ1) is 9.92. The van der Waals surface area contributed by atoms with Gasteiger partial charge in [-0.15, -0.1) is 0 Å². The predicted molar refractivity (Wildman–Crippen MR) is 82.8 cm³/mol. The van der Waals surface area contributed by atoms with Gasteiger partial charge < -0.3 is 15.2 Å². The lowest BCUT2D eigenvalue weighted by molar-refractivity contribution is -0.143. The van der Waals surface area contributed by atoms with E-state index in [9.17, 15) is 14.7 Å². The van der Waals surface area contributed by atoms with Crippen molar-refractivity contribution >= 4 is 33.5 Å². The molecule has 2 N–H and O–H groups in total. The molecule has 1 aromatic carbocycles. The van der Waals surface area contributed by atoms with Gasteiger partial charge in [-0.2, -0.15) is 0 Å². The summed E-state index contributed by atoms with van der Waals surface area (Å²) in [6.07, 6.45) is 2.83. The summed E-state index contributed by atoms with van der Waals surface area (Å²) >= 11 is 3.44. The van der Waals surface area contributed by atoms with E-state index in [1.807, 2.05) is 0 Å². The largest absolute Gasteiger partial charge is 0.495 e. The highest BCUT2D eigenvalue weighted by Crippen LogP contribution is 2.49. The van der Waals surface area contributed by atoms with E-state index in [1.54, 1.807) is 12.1 Å². The van der Waals surface area contributed by atoms with Crippen LogP contribution in [0.5, 0.6) is 5.75 Å². The molecule has 0 radical (unpaired) electrons. The van der Waals surface area contributed by atoms with Crippen LogP contribution in [0.25, 0.3) is 0 Å². The maximum absolute atomic E-state index is 11.9. The summed E-state index contributed by atoms with van der Waals surface area (Å²) in [4.78, 5) is 23.4. The van der Waals surface area contributed by atoms with Crippen LogP contribution in [0.3, 0.4) is 0 Å². The molecule has 1 aromatic rings. The Bertz CT molecular complexity index is 579. The van der Waals surface area contributed by atoms with E-state index in [-0.39, 0.29) is 5.91 Å². The molecule has 1 fully saturated rings. The summed E-state index contributed by atoms with van der Waals surface area (Å²) in [6, 6.07) is 3.48. The zero-order valence-corrected chi connectivity index (χ0v) is 13.6. The highest BCUT2D eigenvalue weighted by molar-refractivity contribution is 9.10. The molecule has 5 nitrogen and oxygen atoms in total. The minimum absolute atomic E-state index is 0.258. The van der Waals surface area contributed by atoms with Crippen LogP contribution in [0, 0.1) is 0 Å². The smallest absolute Gasteiger partial charge is 0.314 e. The zero-order chi connectivity index (χ0) is 15.6. The topological polar surface area (TPSA) is 75.6 Å². The van der Waals surface area contributed by atoms with Gasteiger partial charge in [-0.3, -0.25) is 9.59 Å². The molecule has 0 heterocycles. The van der Waals surface area contributed by atoms with Gasteiger partial charge in [0.2, 0.25) is 5.91 Å². The molecule has 114 valence electrons. The molecule has 0 aliphatic heterocycles. The highest BCUT2D eigenvalue weighted by atomic mass is 79.9. The van der Waals surface area contributed by atoms with Crippen LogP contribution < -0.4 is 10.1 Å². The lowest BCUT2D eigenvalue weighted by Gasteiger charge is -2.29. The molecule has 0 unspecified atom stereocenters. The monoisotopic (exact) mass is 355 g/mol. The minimum Gasteiger partial charge on any atom is -0.495 e. The first kappa shape index (κ1) is 15.8. The Morgan fingerprint density at radius 3 is 2.43 bits per heavy atom. The number of carbonyl (C=O) groups excluding carboxylic acids is 1. The number of rotatable bonds is 4. The summed E-state index contributed by atoms with van der Waals surface area (Å²) in [5.74, 6) is -0.650. The van der Waals surface area contributed by atoms with E-state index < -0.39 is 11.4 Å². The van der Waals surface area contributed by atoms with Crippen LogP contribution in [0.2, 0.25) is 0 Å². The zero-order valence-electron chi connectivity index (χ0n) is 12.0. The maximum atomic E-state index is 11.9. The van der Waals surface area contributed by atoms with Gasteiger partial charge in [0.1, 0.15) is 5.75 Å². The molecule has 1 aliphatic rings. The number of benzene rings is 1. The van der Waals surface area contributed by atoms with Crippen molar-refractivity contribution in [1.29, 1.82) is 0 Å². The van der Waals surface area contributed by atoms with Gasteiger partial charge in [0.25, 0.3) is 0 Å². The standard InChI is InChI=1S/C15H18BrNO4/c1-9(18)17-13-11(21-2)6-5-10(16)12(13)15(14(19)20)7-3-4-8-15/h5-6H,3-4,7-8H2,1-2H3,(H,17,18)(H,19,20). The summed E-state index contributed by atoms with van der Waals surface area (Å²) < 4.78 is 5.97. The number of carboxylic acid groups (broad SMARTS) is 1. The van der Waals surface area contributed by atoms with Gasteiger partial charge in [-0.05, 0) is 25.0 Å². The Balaban J connectivity index is 2.70. The highest BCUT2D eigenvalue weighted by Gasteiger charge is 2.46. The predicted octanol–water partition coefficient (Wildman–Crippen LogP) is 3.31. The fourth-order valence-corrected chi connectivity index (χ4v) is 3.76. The van der Waals surface area contributed by atoms with Crippen molar-refractivity contribution in [3.05, 3.63) is 22.2 Å². The number of halogens is 1. The van der Waals surface area contributed by atoms with E-state index in [4.69, 9.17) is 4.74 Å². The summed E-state index contributed by atoms with van der Waals surface area (Å²) in [6.45, 7) is 1.40. The van der Waals surface area contributed by atoms with Crippen molar-refractivity contribution in [2.45, 2.75) is 38.0 Å². The molecule has 21 heavy (non-hydrogen) atoms.